The molecule has 7 heteroatoms. The number of halogens is 1. The first-order chi connectivity index (χ1) is 9.61. The number of methoxy groups -OCH3 is 1. The Morgan fingerprint density at radius 1 is 1.55 bits per heavy atom. The molecule has 2 rings (SSSR count). The Morgan fingerprint density at radius 3 is 3.05 bits per heavy atom. The molecule has 1 aliphatic rings. The van der Waals surface area contributed by atoms with Gasteiger partial charge in [0.1, 0.15) is 0 Å². The minimum Gasteiger partial charge on any atom is -0.493 e. The zero-order valence-electron chi connectivity index (χ0n) is 11.1. The summed E-state index contributed by atoms with van der Waals surface area (Å²) in [5.74, 6) is 0.0550. The van der Waals surface area contributed by atoms with Gasteiger partial charge in [-0.25, -0.2) is 0 Å². The molecule has 0 atom stereocenters. The van der Waals surface area contributed by atoms with Crippen LogP contribution in [0.2, 0.25) is 5.02 Å². The maximum Gasteiger partial charge on any atom is 0.244 e. The van der Waals surface area contributed by atoms with Gasteiger partial charge in [-0.3, -0.25) is 9.59 Å². The van der Waals surface area contributed by atoms with E-state index in [0.717, 1.165) is 0 Å². The lowest BCUT2D eigenvalue weighted by Crippen LogP contribution is -2.50. The molecule has 108 valence electrons. The van der Waals surface area contributed by atoms with Gasteiger partial charge in [-0.15, -0.1) is 0 Å². The molecule has 2 amide bonds. The predicted octanol–water partition coefficient (Wildman–Crippen LogP) is 0.719. The number of carbonyl (C=O) groups is 2. The second-order valence-corrected chi connectivity index (χ2v) is 4.77. The Bertz CT molecular complexity index is 522. The van der Waals surface area contributed by atoms with Gasteiger partial charge in [0.2, 0.25) is 11.8 Å². The van der Waals surface area contributed by atoms with Crippen molar-refractivity contribution in [2.75, 3.05) is 38.6 Å². The smallest absolute Gasteiger partial charge is 0.244 e. The molecule has 0 radical (unpaired) electrons. The van der Waals surface area contributed by atoms with Crippen LogP contribution in [0, 0.1) is 0 Å². The third kappa shape index (κ3) is 3.40. The van der Waals surface area contributed by atoms with Gasteiger partial charge in [0.15, 0.2) is 5.75 Å². The fraction of sp³-hybridized carbons (Fsp3) is 0.385. The Balaban J connectivity index is 2.01. The van der Waals surface area contributed by atoms with Gasteiger partial charge in [-0.05, 0) is 12.1 Å². The van der Waals surface area contributed by atoms with E-state index in [-0.39, 0.29) is 24.9 Å². The molecule has 0 aromatic heterocycles. The zero-order chi connectivity index (χ0) is 14.5. The van der Waals surface area contributed by atoms with Crippen molar-refractivity contribution < 1.29 is 14.3 Å². The summed E-state index contributed by atoms with van der Waals surface area (Å²) in [6.45, 7) is 1.52. The Kier molecular flexibility index (Phi) is 4.81. The van der Waals surface area contributed by atoms with E-state index in [4.69, 9.17) is 16.3 Å². The van der Waals surface area contributed by atoms with Gasteiger partial charge < -0.3 is 20.3 Å². The number of ether oxygens (including phenoxy) is 1. The quantitative estimate of drug-likeness (QED) is 0.859. The molecule has 0 aliphatic carbocycles. The number of rotatable bonds is 4. The molecule has 6 nitrogen and oxygen atoms in total. The first-order valence-electron chi connectivity index (χ1n) is 6.22. The van der Waals surface area contributed by atoms with Crippen molar-refractivity contribution in [3.63, 3.8) is 0 Å². The molecule has 0 spiro atoms. The van der Waals surface area contributed by atoms with Crippen molar-refractivity contribution in [2.45, 2.75) is 0 Å². The Labute approximate surface area is 122 Å². The molecule has 1 heterocycles. The number of hydrogen-bond acceptors (Lipinski definition) is 4. The van der Waals surface area contributed by atoms with Crippen LogP contribution in [0.25, 0.3) is 0 Å². The van der Waals surface area contributed by atoms with E-state index >= 15 is 0 Å². The molecule has 1 aliphatic heterocycles. The highest BCUT2D eigenvalue weighted by molar-refractivity contribution is 6.32. The summed E-state index contributed by atoms with van der Waals surface area (Å²) >= 11 is 5.98. The summed E-state index contributed by atoms with van der Waals surface area (Å²) < 4.78 is 5.15. The number of hydrogen-bond donors (Lipinski definition) is 2. The van der Waals surface area contributed by atoms with Crippen LogP contribution >= 0.6 is 11.6 Å². The van der Waals surface area contributed by atoms with Crippen molar-refractivity contribution in [1.82, 2.24) is 10.2 Å². The van der Waals surface area contributed by atoms with Crippen LogP contribution in [0.3, 0.4) is 0 Å². The third-order valence-corrected chi connectivity index (χ3v) is 3.26. The number of anilines is 1. The molecule has 1 aromatic carbocycles. The van der Waals surface area contributed by atoms with E-state index in [1.165, 1.54) is 12.0 Å². The number of carbonyl (C=O) groups excluding carboxylic acids is 2. The van der Waals surface area contributed by atoms with Gasteiger partial charge in [-0.1, -0.05) is 17.7 Å². The number of benzene rings is 1. The standard InChI is InChI=1S/C13H16ClN3O3/c1-20-13-9(14)3-2-4-10(13)16-11(18)8-17-6-5-15-7-12(17)19/h2-4,15H,5-8H2,1H3,(H,16,18). The highest BCUT2D eigenvalue weighted by atomic mass is 35.5. The van der Waals surface area contributed by atoms with Crippen LogP contribution < -0.4 is 15.4 Å². The van der Waals surface area contributed by atoms with Crippen molar-refractivity contribution in [3.05, 3.63) is 23.2 Å². The first kappa shape index (κ1) is 14.6. The topological polar surface area (TPSA) is 70.7 Å². The van der Waals surface area contributed by atoms with Crippen molar-refractivity contribution in [3.8, 4) is 5.75 Å². The lowest BCUT2D eigenvalue weighted by molar-refractivity contribution is -0.135. The van der Waals surface area contributed by atoms with Gasteiger partial charge in [0, 0.05) is 13.1 Å². The molecule has 0 saturated carbocycles. The van der Waals surface area contributed by atoms with E-state index < -0.39 is 0 Å². The molecule has 1 saturated heterocycles. The molecule has 20 heavy (non-hydrogen) atoms. The number of piperazine rings is 1. The monoisotopic (exact) mass is 297 g/mol. The van der Waals surface area contributed by atoms with Crippen LogP contribution in [0.4, 0.5) is 5.69 Å². The van der Waals surface area contributed by atoms with Crippen LogP contribution in [-0.2, 0) is 9.59 Å². The lowest BCUT2D eigenvalue weighted by Gasteiger charge is -2.26. The molecular formula is C13H16ClN3O3. The van der Waals surface area contributed by atoms with E-state index in [0.29, 0.717) is 29.5 Å². The average Bonchev–Trinajstić information content (AvgIpc) is 2.42. The van der Waals surface area contributed by atoms with E-state index in [1.54, 1.807) is 18.2 Å². The number of nitrogens with zero attached hydrogens (tertiary/aromatic N) is 1. The maximum absolute atomic E-state index is 12.0. The summed E-state index contributed by atoms with van der Waals surface area (Å²) in [6.07, 6.45) is 0. The molecule has 2 N–H and O–H groups in total. The zero-order valence-corrected chi connectivity index (χ0v) is 11.9. The summed E-state index contributed by atoms with van der Waals surface area (Å²) in [4.78, 5) is 25.1. The van der Waals surface area contributed by atoms with E-state index in [1.807, 2.05) is 0 Å². The Morgan fingerprint density at radius 2 is 2.35 bits per heavy atom. The summed E-state index contributed by atoms with van der Waals surface area (Å²) in [7, 11) is 1.48. The van der Waals surface area contributed by atoms with E-state index in [2.05, 4.69) is 10.6 Å². The third-order valence-electron chi connectivity index (χ3n) is 2.97. The van der Waals surface area contributed by atoms with Crippen LogP contribution in [0.5, 0.6) is 5.75 Å². The number of nitrogens with one attached hydrogen (secondary N) is 2. The van der Waals surface area contributed by atoms with Crippen LogP contribution in [-0.4, -0.2) is 50.0 Å². The molecule has 0 unspecified atom stereocenters. The summed E-state index contributed by atoms with van der Waals surface area (Å²) in [6, 6.07) is 5.09. The normalized spacial score (nSPS) is 15.1. The van der Waals surface area contributed by atoms with Gasteiger partial charge >= 0.3 is 0 Å². The lowest BCUT2D eigenvalue weighted by atomic mass is 10.2. The number of amides is 2. The van der Waals surface area contributed by atoms with Gasteiger partial charge in [0.25, 0.3) is 0 Å². The van der Waals surface area contributed by atoms with Gasteiger partial charge in [0.05, 0.1) is 30.9 Å². The van der Waals surface area contributed by atoms with Crippen molar-refractivity contribution >= 4 is 29.1 Å². The molecular weight excluding hydrogens is 282 g/mol. The van der Waals surface area contributed by atoms with Crippen LogP contribution in [0.15, 0.2) is 18.2 Å². The minimum absolute atomic E-state index is 0.0240. The fourth-order valence-electron chi connectivity index (χ4n) is 1.99. The second kappa shape index (κ2) is 6.58. The molecule has 0 bridgehead atoms. The molecule has 1 fully saturated rings. The largest absolute Gasteiger partial charge is 0.493 e. The predicted molar refractivity (Wildman–Crippen MR) is 76.1 cm³/mol. The average molecular weight is 298 g/mol. The molecule has 1 aromatic rings. The summed E-state index contributed by atoms with van der Waals surface area (Å²) in [5.41, 5.74) is 0.493. The summed E-state index contributed by atoms with van der Waals surface area (Å²) in [5, 5.41) is 6.08. The highest BCUT2D eigenvalue weighted by Crippen LogP contribution is 2.32. The minimum atomic E-state index is -0.277. The highest BCUT2D eigenvalue weighted by Gasteiger charge is 2.20. The van der Waals surface area contributed by atoms with Crippen molar-refractivity contribution in [1.29, 1.82) is 0 Å². The van der Waals surface area contributed by atoms with Crippen LogP contribution in [0.1, 0.15) is 0 Å². The van der Waals surface area contributed by atoms with Gasteiger partial charge in [-0.2, -0.15) is 0 Å². The second-order valence-electron chi connectivity index (χ2n) is 4.36. The Hall–Kier alpha value is -1.79. The van der Waals surface area contributed by atoms with Crippen molar-refractivity contribution in [2.24, 2.45) is 0 Å². The SMILES string of the molecule is COc1c(Cl)cccc1NC(=O)CN1CCNCC1=O. The number of para-hydroxylation sites is 1. The maximum atomic E-state index is 12.0. The first-order valence-corrected chi connectivity index (χ1v) is 6.60. The van der Waals surface area contributed by atoms with E-state index in [9.17, 15) is 9.59 Å². The fourth-order valence-corrected chi connectivity index (χ4v) is 2.24.